The van der Waals surface area contributed by atoms with Crippen LogP contribution in [0, 0.1) is 0 Å². The van der Waals surface area contributed by atoms with Gasteiger partial charge in [-0.05, 0) is 29.8 Å². The number of hydrazone groups is 1. The van der Waals surface area contributed by atoms with Crippen LogP contribution in [0.25, 0.3) is 11.5 Å². The highest BCUT2D eigenvalue weighted by Crippen LogP contribution is 2.17. The Balaban J connectivity index is 1.65. The summed E-state index contributed by atoms with van der Waals surface area (Å²) in [4.78, 5) is 11.9. The summed E-state index contributed by atoms with van der Waals surface area (Å²) in [6, 6.07) is 12.7. The number of rotatable bonds is 4. The normalized spacial score (nSPS) is 11.0. The van der Waals surface area contributed by atoms with Gasteiger partial charge in [-0.25, -0.2) is 5.43 Å². The molecule has 3 aromatic rings. The van der Waals surface area contributed by atoms with Gasteiger partial charge in [0.15, 0.2) is 11.5 Å². The summed E-state index contributed by atoms with van der Waals surface area (Å²) in [6.45, 7) is 0. The van der Waals surface area contributed by atoms with E-state index in [1.54, 1.807) is 30.7 Å². The highest BCUT2D eigenvalue weighted by Gasteiger charge is 2.11. The number of nitrogens with zero attached hydrogens (tertiary/aromatic N) is 2. The molecule has 6 nitrogen and oxygen atoms in total. The van der Waals surface area contributed by atoms with Crippen LogP contribution in [-0.4, -0.2) is 22.3 Å². The van der Waals surface area contributed by atoms with E-state index in [2.05, 4.69) is 36.7 Å². The highest BCUT2D eigenvalue weighted by molar-refractivity contribution is 9.10. The van der Waals surface area contributed by atoms with Crippen molar-refractivity contribution < 1.29 is 9.21 Å². The Morgan fingerprint density at radius 3 is 3.00 bits per heavy atom. The van der Waals surface area contributed by atoms with Crippen LogP contribution in [0.3, 0.4) is 0 Å². The van der Waals surface area contributed by atoms with E-state index in [0.717, 1.165) is 10.0 Å². The van der Waals surface area contributed by atoms with E-state index in [9.17, 15) is 4.79 Å². The minimum Gasteiger partial charge on any atom is -0.463 e. The van der Waals surface area contributed by atoms with E-state index in [1.165, 1.54) is 0 Å². The molecule has 2 N–H and O–H groups in total. The average molecular weight is 359 g/mol. The second-order valence-corrected chi connectivity index (χ2v) is 5.31. The molecule has 2 aromatic heterocycles. The van der Waals surface area contributed by atoms with E-state index >= 15 is 0 Å². The standard InChI is InChI=1S/C15H11BrN4O2/c16-11-4-1-3-10(7-11)9-17-20-15(21)13-8-12(18-19-13)14-5-2-6-22-14/h1-9H,(H,18,19)(H,20,21). The van der Waals surface area contributed by atoms with E-state index in [-0.39, 0.29) is 5.69 Å². The smallest absolute Gasteiger partial charge is 0.291 e. The molecule has 1 amide bonds. The predicted molar refractivity (Wildman–Crippen MR) is 85.5 cm³/mol. The minimum absolute atomic E-state index is 0.234. The lowest BCUT2D eigenvalue weighted by Crippen LogP contribution is -2.17. The molecule has 0 bridgehead atoms. The Morgan fingerprint density at radius 1 is 1.32 bits per heavy atom. The highest BCUT2D eigenvalue weighted by atomic mass is 79.9. The van der Waals surface area contributed by atoms with Crippen molar-refractivity contribution in [1.29, 1.82) is 0 Å². The maximum absolute atomic E-state index is 11.9. The Morgan fingerprint density at radius 2 is 2.23 bits per heavy atom. The van der Waals surface area contributed by atoms with Gasteiger partial charge in [-0.2, -0.15) is 10.2 Å². The van der Waals surface area contributed by atoms with E-state index in [0.29, 0.717) is 11.5 Å². The number of carbonyl (C=O) groups excluding carboxylic acids is 1. The molecule has 110 valence electrons. The summed E-state index contributed by atoms with van der Waals surface area (Å²) < 4.78 is 6.17. The summed E-state index contributed by atoms with van der Waals surface area (Å²) in [5, 5.41) is 10.6. The second-order valence-electron chi connectivity index (χ2n) is 4.40. The maximum atomic E-state index is 11.9. The molecule has 0 saturated carbocycles. The fraction of sp³-hybridized carbons (Fsp3) is 0. The van der Waals surface area contributed by atoms with E-state index in [1.807, 2.05) is 24.3 Å². The summed E-state index contributed by atoms with van der Waals surface area (Å²) in [7, 11) is 0. The van der Waals surface area contributed by atoms with Gasteiger partial charge in [0.05, 0.1) is 12.5 Å². The first-order chi connectivity index (χ1) is 10.7. The average Bonchev–Trinajstić information content (AvgIpc) is 3.18. The third-order valence-electron chi connectivity index (χ3n) is 2.83. The Labute approximate surface area is 134 Å². The van der Waals surface area contributed by atoms with Crippen LogP contribution in [0.5, 0.6) is 0 Å². The lowest BCUT2D eigenvalue weighted by Gasteiger charge is -1.96. The zero-order valence-corrected chi connectivity index (χ0v) is 12.9. The topological polar surface area (TPSA) is 83.3 Å². The van der Waals surface area contributed by atoms with E-state index in [4.69, 9.17) is 4.42 Å². The molecule has 0 aliphatic heterocycles. The molecule has 0 saturated heterocycles. The van der Waals surface area contributed by atoms with Gasteiger partial charge < -0.3 is 4.42 Å². The van der Waals surface area contributed by atoms with E-state index < -0.39 is 5.91 Å². The van der Waals surface area contributed by atoms with Gasteiger partial charge in [-0.3, -0.25) is 9.89 Å². The number of amides is 1. The molecule has 0 fully saturated rings. The molecular weight excluding hydrogens is 348 g/mol. The van der Waals surface area contributed by atoms with Crippen molar-refractivity contribution in [3.8, 4) is 11.5 Å². The quantitative estimate of drug-likeness (QED) is 0.554. The molecule has 0 radical (unpaired) electrons. The predicted octanol–water partition coefficient (Wildman–Crippen LogP) is 3.20. The number of carbonyl (C=O) groups is 1. The van der Waals surface area contributed by atoms with Gasteiger partial charge in [0.1, 0.15) is 5.69 Å². The van der Waals surface area contributed by atoms with Crippen LogP contribution in [0.1, 0.15) is 16.1 Å². The first kappa shape index (κ1) is 14.3. The molecule has 0 aliphatic carbocycles. The third-order valence-corrected chi connectivity index (χ3v) is 3.32. The van der Waals surface area contributed by atoms with Crippen molar-refractivity contribution in [2.24, 2.45) is 5.10 Å². The van der Waals surface area contributed by atoms with Crippen LogP contribution in [0.15, 0.2) is 62.7 Å². The number of hydrogen-bond acceptors (Lipinski definition) is 4. The Kier molecular flexibility index (Phi) is 4.15. The van der Waals surface area contributed by atoms with Gasteiger partial charge in [0.25, 0.3) is 5.91 Å². The van der Waals surface area contributed by atoms with Gasteiger partial charge in [0.2, 0.25) is 0 Å². The molecule has 0 aliphatic rings. The SMILES string of the molecule is O=C(NN=Cc1cccc(Br)c1)c1cc(-c2ccco2)[nH]n1. The number of H-pyrrole nitrogens is 1. The number of aromatic amines is 1. The first-order valence-corrected chi connectivity index (χ1v) is 7.20. The van der Waals surface area contributed by atoms with Gasteiger partial charge in [-0.1, -0.05) is 28.1 Å². The van der Waals surface area contributed by atoms with Crippen LogP contribution in [0.2, 0.25) is 0 Å². The molecule has 22 heavy (non-hydrogen) atoms. The fourth-order valence-electron chi connectivity index (χ4n) is 1.81. The lowest BCUT2D eigenvalue weighted by atomic mass is 10.2. The molecule has 0 spiro atoms. The van der Waals surface area contributed by atoms with Crippen molar-refractivity contribution in [2.75, 3.05) is 0 Å². The van der Waals surface area contributed by atoms with Crippen molar-refractivity contribution in [2.45, 2.75) is 0 Å². The number of furan rings is 1. The zero-order valence-electron chi connectivity index (χ0n) is 11.3. The fourth-order valence-corrected chi connectivity index (χ4v) is 2.22. The molecule has 0 unspecified atom stereocenters. The van der Waals surface area contributed by atoms with Crippen molar-refractivity contribution in [3.63, 3.8) is 0 Å². The number of benzene rings is 1. The summed E-state index contributed by atoms with van der Waals surface area (Å²) in [5.74, 6) is 0.212. The lowest BCUT2D eigenvalue weighted by molar-refractivity contribution is 0.0950. The van der Waals surface area contributed by atoms with Crippen LogP contribution < -0.4 is 5.43 Å². The van der Waals surface area contributed by atoms with Crippen LogP contribution >= 0.6 is 15.9 Å². The third kappa shape index (κ3) is 3.32. The van der Waals surface area contributed by atoms with Gasteiger partial charge in [-0.15, -0.1) is 0 Å². The molecule has 2 heterocycles. The number of hydrogen-bond donors (Lipinski definition) is 2. The minimum atomic E-state index is -0.402. The molecule has 1 aromatic carbocycles. The molecule has 0 atom stereocenters. The maximum Gasteiger partial charge on any atom is 0.291 e. The largest absolute Gasteiger partial charge is 0.463 e. The van der Waals surface area contributed by atoms with Crippen LogP contribution in [0.4, 0.5) is 0 Å². The number of nitrogens with one attached hydrogen (secondary N) is 2. The molecular formula is C15H11BrN4O2. The molecule has 7 heteroatoms. The number of halogens is 1. The second kappa shape index (κ2) is 6.40. The summed E-state index contributed by atoms with van der Waals surface area (Å²) in [6.07, 6.45) is 3.11. The van der Waals surface area contributed by atoms with Crippen molar-refractivity contribution >= 4 is 28.1 Å². The van der Waals surface area contributed by atoms with Crippen LogP contribution in [-0.2, 0) is 0 Å². The Hall–Kier alpha value is -2.67. The van der Waals surface area contributed by atoms with Crippen molar-refractivity contribution in [1.82, 2.24) is 15.6 Å². The summed E-state index contributed by atoms with van der Waals surface area (Å²) >= 11 is 3.37. The molecule has 3 rings (SSSR count). The van der Waals surface area contributed by atoms with Crippen molar-refractivity contribution in [3.05, 3.63) is 64.5 Å². The summed E-state index contributed by atoms with van der Waals surface area (Å²) in [5.41, 5.74) is 4.16. The van der Waals surface area contributed by atoms with Gasteiger partial charge >= 0.3 is 0 Å². The van der Waals surface area contributed by atoms with Gasteiger partial charge in [0, 0.05) is 10.5 Å². The monoisotopic (exact) mass is 358 g/mol. The Bertz CT molecular complexity index is 809. The zero-order chi connectivity index (χ0) is 15.4. The number of aromatic nitrogens is 2. The first-order valence-electron chi connectivity index (χ1n) is 6.40.